The molecule has 90 valence electrons. The lowest BCUT2D eigenvalue weighted by atomic mass is 10.2. The number of rotatable bonds is 4. The van der Waals surface area contributed by atoms with Gasteiger partial charge in [0.2, 0.25) is 0 Å². The number of aldehydes is 1. The van der Waals surface area contributed by atoms with Crippen molar-refractivity contribution in [3.63, 3.8) is 0 Å². The van der Waals surface area contributed by atoms with E-state index < -0.39 is 0 Å². The first-order valence-electron chi connectivity index (χ1n) is 5.53. The Labute approximate surface area is 106 Å². The monoisotopic (exact) mass is 239 g/mol. The van der Waals surface area contributed by atoms with E-state index in [4.69, 9.17) is 10.5 Å². The molecule has 2 N–H and O–H groups in total. The summed E-state index contributed by atoms with van der Waals surface area (Å²) in [4.78, 5) is 10.2. The molecule has 3 nitrogen and oxygen atoms in total. The highest BCUT2D eigenvalue weighted by Crippen LogP contribution is 2.22. The van der Waals surface area contributed by atoms with Crippen LogP contribution in [-0.2, 0) is 4.79 Å². The molecule has 0 fully saturated rings. The first kappa shape index (κ1) is 11.9. The lowest BCUT2D eigenvalue weighted by molar-refractivity contribution is -0.104. The van der Waals surface area contributed by atoms with Gasteiger partial charge in [0.1, 0.15) is 17.8 Å². The van der Waals surface area contributed by atoms with Gasteiger partial charge in [0.25, 0.3) is 0 Å². The number of allylic oxidation sites excluding steroid dienone is 1. The molecule has 0 heterocycles. The first-order chi connectivity index (χ1) is 8.78. The zero-order chi connectivity index (χ0) is 12.8. The number of carbonyl (C=O) groups is 1. The molecule has 3 heteroatoms. The van der Waals surface area contributed by atoms with Crippen molar-refractivity contribution in [3.8, 4) is 11.5 Å². The minimum Gasteiger partial charge on any atom is -0.457 e. The summed E-state index contributed by atoms with van der Waals surface area (Å²) in [5.74, 6) is 1.48. The van der Waals surface area contributed by atoms with Gasteiger partial charge in [-0.1, -0.05) is 18.2 Å². The van der Waals surface area contributed by atoms with Crippen molar-refractivity contribution < 1.29 is 9.53 Å². The second-order valence-electron chi connectivity index (χ2n) is 3.74. The minimum absolute atomic E-state index is 0.705. The Balaban J connectivity index is 2.08. The van der Waals surface area contributed by atoms with Crippen LogP contribution >= 0.6 is 0 Å². The number of ether oxygens (including phenoxy) is 1. The molecular formula is C15H13NO2. The smallest absolute Gasteiger partial charge is 0.142 e. The number of nitrogen functional groups attached to an aromatic ring is 1. The average Bonchev–Trinajstić information content (AvgIpc) is 2.41. The summed E-state index contributed by atoms with van der Waals surface area (Å²) in [6.45, 7) is 0. The van der Waals surface area contributed by atoms with E-state index in [1.165, 1.54) is 6.08 Å². The van der Waals surface area contributed by atoms with Crippen molar-refractivity contribution in [1.82, 2.24) is 0 Å². The molecular weight excluding hydrogens is 226 g/mol. The maximum Gasteiger partial charge on any atom is 0.142 e. The van der Waals surface area contributed by atoms with Gasteiger partial charge in [0.05, 0.1) is 0 Å². The van der Waals surface area contributed by atoms with Crippen molar-refractivity contribution in [2.45, 2.75) is 0 Å². The third-order valence-electron chi connectivity index (χ3n) is 2.36. The molecule has 0 saturated carbocycles. The zero-order valence-corrected chi connectivity index (χ0v) is 9.74. The molecule has 2 aromatic rings. The maximum absolute atomic E-state index is 10.2. The van der Waals surface area contributed by atoms with E-state index in [0.29, 0.717) is 5.69 Å². The Kier molecular flexibility index (Phi) is 3.76. The van der Waals surface area contributed by atoms with E-state index in [2.05, 4.69) is 0 Å². The molecule has 0 unspecified atom stereocenters. The van der Waals surface area contributed by atoms with Gasteiger partial charge in [-0.15, -0.1) is 0 Å². The molecule has 0 saturated heterocycles. The molecule has 0 bridgehead atoms. The molecule has 0 aliphatic rings. The van der Waals surface area contributed by atoms with Gasteiger partial charge in [-0.3, -0.25) is 4.79 Å². The molecule has 0 aliphatic heterocycles. The van der Waals surface area contributed by atoms with Crippen LogP contribution in [0.3, 0.4) is 0 Å². The van der Waals surface area contributed by atoms with Gasteiger partial charge in [0, 0.05) is 5.69 Å². The van der Waals surface area contributed by atoms with Crippen LogP contribution < -0.4 is 10.5 Å². The van der Waals surface area contributed by atoms with E-state index in [1.54, 1.807) is 18.2 Å². The second kappa shape index (κ2) is 5.68. The molecule has 0 aliphatic carbocycles. The van der Waals surface area contributed by atoms with Gasteiger partial charge in [-0.2, -0.15) is 0 Å². The van der Waals surface area contributed by atoms with Crippen LogP contribution in [0.15, 0.2) is 54.6 Å². The van der Waals surface area contributed by atoms with Crippen LogP contribution in [0.4, 0.5) is 5.69 Å². The van der Waals surface area contributed by atoms with E-state index in [0.717, 1.165) is 23.3 Å². The Morgan fingerprint density at radius 3 is 2.00 bits per heavy atom. The lowest BCUT2D eigenvalue weighted by Crippen LogP contribution is -1.86. The number of benzene rings is 2. The maximum atomic E-state index is 10.2. The predicted molar refractivity (Wildman–Crippen MR) is 72.5 cm³/mol. The summed E-state index contributed by atoms with van der Waals surface area (Å²) < 4.78 is 5.64. The third kappa shape index (κ3) is 3.22. The van der Waals surface area contributed by atoms with Crippen LogP contribution in [0.2, 0.25) is 0 Å². The Morgan fingerprint density at radius 1 is 0.889 bits per heavy atom. The second-order valence-corrected chi connectivity index (χ2v) is 3.74. The molecule has 0 amide bonds. The van der Waals surface area contributed by atoms with Crippen molar-refractivity contribution in [2.75, 3.05) is 5.73 Å². The van der Waals surface area contributed by atoms with Crippen molar-refractivity contribution in [1.29, 1.82) is 0 Å². The van der Waals surface area contributed by atoms with Crippen molar-refractivity contribution in [2.24, 2.45) is 0 Å². The first-order valence-corrected chi connectivity index (χ1v) is 5.53. The number of nitrogens with two attached hydrogens (primary N) is 1. The zero-order valence-electron chi connectivity index (χ0n) is 9.74. The van der Waals surface area contributed by atoms with E-state index in [9.17, 15) is 4.79 Å². The van der Waals surface area contributed by atoms with Crippen LogP contribution in [0.5, 0.6) is 11.5 Å². The largest absolute Gasteiger partial charge is 0.457 e. The van der Waals surface area contributed by atoms with Gasteiger partial charge in [-0.05, 0) is 48.0 Å². The topological polar surface area (TPSA) is 52.3 Å². The SMILES string of the molecule is Nc1ccc(Oc2ccc(C=CC=O)cc2)cc1. The van der Waals surface area contributed by atoms with E-state index in [1.807, 2.05) is 36.4 Å². The van der Waals surface area contributed by atoms with Crippen LogP contribution in [0.25, 0.3) is 6.08 Å². The summed E-state index contributed by atoms with van der Waals surface area (Å²) in [5.41, 5.74) is 7.25. The Bertz CT molecular complexity index is 542. The fourth-order valence-electron chi connectivity index (χ4n) is 1.47. The van der Waals surface area contributed by atoms with Crippen molar-refractivity contribution in [3.05, 3.63) is 60.2 Å². The number of anilines is 1. The summed E-state index contributed by atoms with van der Waals surface area (Å²) in [5, 5.41) is 0. The quantitative estimate of drug-likeness (QED) is 0.506. The number of hydrogen-bond donors (Lipinski definition) is 1. The molecule has 0 atom stereocenters. The van der Waals surface area contributed by atoms with Crippen molar-refractivity contribution >= 4 is 18.0 Å². The fraction of sp³-hybridized carbons (Fsp3) is 0. The van der Waals surface area contributed by atoms with Crippen LogP contribution in [-0.4, -0.2) is 6.29 Å². The highest BCUT2D eigenvalue weighted by atomic mass is 16.5. The lowest BCUT2D eigenvalue weighted by Gasteiger charge is -2.05. The van der Waals surface area contributed by atoms with Gasteiger partial charge < -0.3 is 10.5 Å². The molecule has 0 spiro atoms. The van der Waals surface area contributed by atoms with E-state index >= 15 is 0 Å². The Hall–Kier alpha value is -2.55. The standard InChI is InChI=1S/C15H13NO2/c16-13-5-9-15(10-6-13)18-14-7-3-12(4-8-14)2-1-11-17/h1-11H,16H2. The predicted octanol–water partition coefficient (Wildman–Crippen LogP) is 3.27. The van der Waals surface area contributed by atoms with Crippen LogP contribution in [0.1, 0.15) is 5.56 Å². The Morgan fingerprint density at radius 2 is 1.44 bits per heavy atom. The summed E-state index contributed by atoms with van der Waals surface area (Å²) in [7, 11) is 0. The number of carbonyl (C=O) groups excluding carboxylic acids is 1. The summed E-state index contributed by atoms with van der Waals surface area (Å²) in [6.07, 6.45) is 3.94. The third-order valence-corrected chi connectivity index (χ3v) is 2.36. The fourth-order valence-corrected chi connectivity index (χ4v) is 1.47. The summed E-state index contributed by atoms with van der Waals surface area (Å²) in [6, 6.07) is 14.7. The normalized spacial score (nSPS) is 10.4. The highest BCUT2D eigenvalue weighted by molar-refractivity contribution is 5.73. The molecule has 2 rings (SSSR count). The number of hydrogen-bond acceptors (Lipinski definition) is 3. The van der Waals surface area contributed by atoms with Gasteiger partial charge in [-0.25, -0.2) is 0 Å². The van der Waals surface area contributed by atoms with Gasteiger partial charge in [0.15, 0.2) is 0 Å². The average molecular weight is 239 g/mol. The minimum atomic E-state index is 0.705. The summed E-state index contributed by atoms with van der Waals surface area (Å²) >= 11 is 0. The van der Waals surface area contributed by atoms with E-state index in [-0.39, 0.29) is 0 Å². The highest BCUT2D eigenvalue weighted by Gasteiger charge is 1.96. The molecule has 2 aromatic carbocycles. The molecule has 0 radical (unpaired) electrons. The molecule has 18 heavy (non-hydrogen) atoms. The molecule has 0 aromatic heterocycles. The van der Waals surface area contributed by atoms with Gasteiger partial charge >= 0.3 is 0 Å². The van der Waals surface area contributed by atoms with Crippen LogP contribution in [0, 0.1) is 0 Å².